The van der Waals surface area contributed by atoms with Gasteiger partial charge in [-0.3, -0.25) is 14.9 Å². The van der Waals surface area contributed by atoms with Crippen LogP contribution in [0.3, 0.4) is 0 Å². The molecule has 0 aliphatic heterocycles. The Morgan fingerprint density at radius 3 is 2.71 bits per heavy atom. The lowest BCUT2D eigenvalue weighted by molar-refractivity contribution is -0.384. The molecule has 2 rings (SSSR count). The van der Waals surface area contributed by atoms with Gasteiger partial charge in [-0.15, -0.1) is 0 Å². The first-order valence-corrected chi connectivity index (χ1v) is 6.33. The number of hydrogen-bond acceptors (Lipinski definition) is 5. The van der Waals surface area contributed by atoms with Gasteiger partial charge < -0.3 is 15.1 Å². The first-order valence-electron chi connectivity index (χ1n) is 6.33. The van der Waals surface area contributed by atoms with Crippen LogP contribution in [0.25, 0.3) is 0 Å². The second kappa shape index (κ2) is 6.08. The maximum absolute atomic E-state index is 11.5. The zero-order valence-electron chi connectivity index (χ0n) is 11.6. The summed E-state index contributed by atoms with van der Waals surface area (Å²) in [5.41, 5.74) is 0.409. The van der Waals surface area contributed by atoms with Crippen molar-refractivity contribution < 1.29 is 14.1 Å². The third-order valence-corrected chi connectivity index (χ3v) is 3.03. The number of amides is 1. The lowest BCUT2D eigenvalue weighted by Gasteiger charge is -2.13. The average Bonchev–Trinajstić information content (AvgIpc) is 3.00. The van der Waals surface area contributed by atoms with Crippen molar-refractivity contribution in [2.75, 3.05) is 12.4 Å². The largest absolute Gasteiger partial charge is 0.467 e. The van der Waals surface area contributed by atoms with Gasteiger partial charge in [-0.2, -0.15) is 0 Å². The van der Waals surface area contributed by atoms with E-state index in [1.54, 1.807) is 12.1 Å². The molecule has 1 unspecified atom stereocenters. The third-order valence-electron chi connectivity index (χ3n) is 3.03. The summed E-state index contributed by atoms with van der Waals surface area (Å²) in [5.74, 6) is 0.295. The Labute approximate surface area is 121 Å². The fourth-order valence-electron chi connectivity index (χ4n) is 1.93. The molecule has 1 aromatic heterocycles. The van der Waals surface area contributed by atoms with Gasteiger partial charge in [0.05, 0.1) is 17.2 Å². The molecule has 0 aliphatic rings. The van der Waals surface area contributed by atoms with E-state index in [0.717, 1.165) is 0 Å². The summed E-state index contributed by atoms with van der Waals surface area (Å²) in [7, 11) is 1.47. The molecule has 2 N–H and O–H groups in total. The predicted octanol–water partition coefficient (Wildman–Crippen LogP) is 2.72. The van der Waals surface area contributed by atoms with Crippen molar-refractivity contribution >= 4 is 17.3 Å². The van der Waals surface area contributed by atoms with Gasteiger partial charge in [-0.1, -0.05) is 0 Å². The number of nitrogens with zero attached hydrogens (tertiary/aromatic N) is 1. The molecule has 0 bridgehead atoms. The maximum Gasteiger partial charge on any atom is 0.293 e. The van der Waals surface area contributed by atoms with Gasteiger partial charge in [-0.25, -0.2) is 0 Å². The van der Waals surface area contributed by atoms with Crippen LogP contribution in [0.15, 0.2) is 41.0 Å². The van der Waals surface area contributed by atoms with Gasteiger partial charge in [-0.05, 0) is 31.2 Å². The van der Waals surface area contributed by atoms with E-state index in [1.165, 1.54) is 31.5 Å². The molecule has 2 aromatic rings. The highest BCUT2D eigenvalue weighted by Gasteiger charge is 2.19. The first-order chi connectivity index (χ1) is 10.0. The zero-order valence-corrected chi connectivity index (χ0v) is 11.6. The molecule has 110 valence electrons. The monoisotopic (exact) mass is 289 g/mol. The second-order valence-corrected chi connectivity index (χ2v) is 4.45. The molecule has 1 amide bonds. The summed E-state index contributed by atoms with van der Waals surface area (Å²) in [6.45, 7) is 1.83. The highest BCUT2D eigenvalue weighted by molar-refractivity contribution is 5.95. The van der Waals surface area contributed by atoms with Crippen molar-refractivity contribution in [3.63, 3.8) is 0 Å². The highest BCUT2D eigenvalue weighted by Crippen LogP contribution is 2.29. The van der Waals surface area contributed by atoms with Gasteiger partial charge >= 0.3 is 0 Å². The van der Waals surface area contributed by atoms with Crippen molar-refractivity contribution in [3.8, 4) is 0 Å². The van der Waals surface area contributed by atoms with Crippen LogP contribution in [-0.2, 0) is 0 Å². The molecule has 0 saturated heterocycles. The smallest absolute Gasteiger partial charge is 0.293 e. The van der Waals surface area contributed by atoms with E-state index in [4.69, 9.17) is 4.42 Å². The Morgan fingerprint density at radius 1 is 1.38 bits per heavy atom. The van der Waals surface area contributed by atoms with E-state index in [-0.39, 0.29) is 23.2 Å². The summed E-state index contributed by atoms with van der Waals surface area (Å²) in [6, 6.07) is 7.59. The van der Waals surface area contributed by atoms with Crippen LogP contribution < -0.4 is 10.6 Å². The van der Waals surface area contributed by atoms with Crippen molar-refractivity contribution in [1.82, 2.24) is 5.32 Å². The lowest BCUT2D eigenvalue weighted by atomic mass is 10.1. The Kier molecular flexibility index (Phi) is 4.22. The molecular weight excluding hydrogens is 274 g/mol. The van der Waals surface area contributed by atoms with Gasteiger partial charge in [0.15, 0.2) is 0 Å². The zero-order chi connectivity index (χ0) is 15.4. The molecule has 7 heteroatoms. The Bertz CT molecular complexity index is 652. The van der Waals surface area contributed by atoms with Gasteiger partial charge in [0, 0.05) is 18.7 Å². The molecule has 1 aromatic carbocycles. The number of rotatable bonds is 5. The van der Waals surface area contributed by atoms with Gasteiger partial charge in [0.1, 0.15) is 11.4 Å². The summed E-state index contributed by atoms with van der Waals surface area (Å²) in [5, 5.41) is 16.6. The van der Waals surface area contributed by atoms with Gasteiger partial charge in [0.2, 0.25) is 0 Å². The molecule has 0 radical (unpaired) electrons. The number of nitro benzene ring substituents is 1. The van der Waals surface area contributed by atoms with Crippen LogP contribution in [0.5, 0.6) is 0 Å². The number of hydrogen-bond donors (Lipinski definition) is 2. The van der Waals surface area contributed by atoms with Crippen molar-refractivity contribution in [1.29, 1.82) is 0 Å². The number of anilines is 1. The minimum atomic E-state index is -0.524. The Morgan fingerprint density at radius 2 is 2.14 bits per heavy atom. The maximum atomic E-state index is 11.5. The Balaban J connectivity index is 2.30. The van der Waals surface area contributed by atoms with E-state index in [1.807, 2.05) is 6.92 Å². The minimum Gasteiger partial charge on any atom is -0.467 e. The highest BCUT2D eigenvalue weighted by atomic mass is 16.6. The summed E-state index contributed by atoms with van der Waals surface area (Å²) >= 11 is 0. The first kappa shape index (κ1) is 14.6. The van der Waals surface area contributed by atoms with E-state index in [2.05, 4.69) is 10.6 Å². The van der Waals surface area contributed by atoms with Crippen LogP contribution in [0.2, 0.25) is 0 Å². The molecule has 0 spiro atoms. The molecule has 0 saturated carbocycles. The summed E-state index contributed by atoms with van der Waals surface area (Å²) < 4.78 is 5.25. The standard InChI is InChI=1S/C14H15N3O4/c1-9(13-4-3-7-21-13)16-11-6-5-10(14(18)15-2)8-12(11)17(19)20/h3-9,16H,1-2H3,(H,15,18). The summed E-state index contributed by atoms with van der Waals surface area (Å²) in [4.78, 5) is 22.2. The number of furan rings is 1. The van der Waals surface area contributed by atoms with Crippen LogP contribution >= 0.6 is 0 Å². The van der Waals surface area contributed by atoms with E-state index in [0.29, 0.717) is 11.4 Å². The molecule has 0 fully saturated rings. The van der Waals surface area contributed by atoms with E-state index in [9.17, 15) is 14.9 Å². The molecule has 1 heterocycles. The van der Waals surface area contributed by atoms with Crippen LogP contribution in [0.1, 0.15) is 29.1 Å². The molecule has 7 nitrogen and oxygen atoms in total. The molecule has 0 aliphatic carbocycles. The number of nitro groups is 1. The number of carbonyl (C=O) groups is 1. The average molecular weight is 289 g/mol. The third kappa shape index (κ3) is 3.19. The molecular formula is C14H15N3O4. The van der Waals surface area contributed by atoms with Crippen molar-refractivity contribution in [2.45, 2.75) is 13.0 Å². The van der Waals surface area contributed by atoms with Crippen LogP contribution in [-0.4, -0.2) is 17.9 Å². The minimum absolute atomic E-state index is 0.158. The normalized spacial score (nSPS) is 11.7. The predicted molar refractivity (Wildman–Crippen MR) is 77.2 cm³/mol. The van der Waals surface area contributed by atoms with Crippen molar-refractivity contribution in [2.24, 2.45) is 0 Å². The SMILES string of the molecule is CNC(=O)c1ccc(NC(C)c2ccco2)c([N+](=O)[O-])c1. The van der Waals surface area contributed by atoms with Crippen LogP contribution in [0, 0.1) is 10.1 Å². The number of benzene rings is 1. The molecule has 1 atom stereocenters. The number of carbonyl (C=O) groups excluding carboxylic acids is 1. The topological polar surface area (TPSA) is 97.4 Å². The van der Waals surface area contributed by atoms with Gasteiger partial charge in [0.25, 0.3) is 11.6 Å². The van der Waals surface area contributed by atoms with Crippen LogP contribution in [0.4, 0.5) is 11.4 Å². The Hall–Kier alpha value is -2.83. The van der Waals surface area contributed by atoms with E-state index >= 15 is 0 Å². The van der Waals surface area contributed by atoms with E-state index < -0.39 is 4.92 Å². The quantitative estimate of drug-likeness (QED) is 0.651. The summed E-state index contributed by atoms with van der Waals surface area (Å²) in [6.07, 6.45) is 1.54. The fourth-order valence-corrected chi connectivity index (χ4v) is 1.93. The molecule has 21 heavy (non-hydrogen) atoms. The van der Waals surface area contributed by atoms with Crippen molar-refractivity contribution in [3.05, 3.63) is 58.0 Å². The fraction of sp³-hybridized carbons (Fsp3) is 0.214. The lowest BCUT2D eigenvalue weighted by Crippen LogP contribution is -2.18. The number of nitrogens with one attached hydrogen (secondary N) is 2. The second-order valence-electron chi connectivity index (χ2n) is 4.45.